The molecule has 0 radical (unpaired) electrons. The lowest BCUT2D eigenvalue weighted by Crippen LogP contribution is -2.13. The summed E-state index contributed by atoms with van der Waals surface area (Å²) in [7, 11) is 0. The van der Waals surface area contributed by atoms with E-state index < -0.39 is 0 Å². The van der Waals surface area contributed by atoms with Crippen molar-refractivity contribution < 1.29 is 14.3 Å². The lowest BCUT2D eigenvalue weighted by Gasteiger charge is -2.19. The van der Waals surface area contributed by atoms with E-state index in [2.05, 4.69) is 13.2 Å². The van der Waals surface area contributed by atoms with Gasteiger partial charge in [-0.05, 0) is 75.1 Å². The zero-order valence-electron chi connectivity index (χ0n) is 18.4. The Balaban J connectivity index is 1.86. The summed E-state index contributed by atoms with van der Waals surface area (Å²) in [6, 6.07) is 9.88. The van der Waals surface area contributed by atoms with Gasteiger partial charge in [-0.2, -0.15) is 0 Å². The Bertz CT molecular complexity index is 867. The Morgan fingerprint density at radius 3 is 2.13 bits per heavy atom. The van der Waals surface area contributed by atoms with Crippen molar-refractivity contribution in [2.45, 2.75) is 57.8 Å². The van der Waals surface area contributed by atoms with Crippen molar-refractivity contribution in [2.24, 2.45) is 0 Å². The minimum absolute atomic E-state index is 0.123. The molecule has 4 heteroatoms. The molecule has 0 amide bonds. The quantitative estimate of drug-likeness (QED) is 0.266. The van der Waals surface area contributed by atoms with Gasteiger partial charge in [0.2, 0.25) is 0 Å². The van der Waals surface area contributed by atoms with E-state index >= 15 is 0 Å². The van der Waals surface area contributed by atoms with E-state index in [0.29, 0.717) is 25.3 Å². The van der Waals surface area contributed by atoms with E-state index in [1.54, 1.807) is 0 Å². The predicted octanol–water partition coefficient (Wildman–Crippen LogP) is 6.74. The number of unbranched alkanes of at least 4 members (excludes halogenated alkanes) is 4. The molecule has 0 bridgehead atoms. The fourth-order valence-corrected chi connectivity index (χ4v) is 3.78. The highest BCUT2D eigenvalue weighted by atomic mass is 16.5. The first-order valence-corrected chi connectivity index (χ1v) is 11.4. The number of carbonyl (C=O) groups excluding carboxylic acids is 1. The SMILES string of the molecule is C=CCCCCOc1cccc(OCCCCC=C)c1-c1ccc2c(n1)C(=O)CCC2. The second-order valence-corrected chi connectivity index (χ2v) is 7.88. The molecule has 1 aromatic heterocycles. The van der Waals surface area contributed by atoms with Crippen molar-refractivity contribution in [1.29, 1.82) is 0 Å². The Morgan fingerprint density at radius 1 is 0.871 bits per heavy atom. The van der Waals surface area contributed by atoms with Gasteiger partial charge in [-0.25, -0.2) is 4.98 Å². The molecular formula is C27H33NO3. The first-order chi connectivity index (χ1) is 15.2. The van der Waals surface area contributed by atoms with Crippen LogP contribution in [0.25, 0.3) is 11.3 Å². The van der Waals surface area contributed by atoms with Crippen LogP contribution in [-0.4, -0.2) is 24.0 Å². The number of nitrogens with zero attached hydrogens (tertiary/aromatic N) is 1. The van der Waals surface area contributed by atoms with Gasteiger partial charge < -0.3 is 9.47 Å². The van der Waals surface area contributed by atoms with Crippen LogP contribution in [0.1, 0.15) is 67.4 Å². The summed E-state index contributed by atoms with van der Waals surface area (Å²) >= 11 is 0. The maximum atomic E-state index is 12.4. The lowest BCUT2D eigenvalue weighted by atomic mass is 9.94. The van der Waals surface area contributed by atoms with Gasteiger partial charge >= 0.3 is 0 Å². The van der Waals surface area contributed by atoms with Gasteiger partial charge in [-0.3, -0.25) is 4.79 Å². The lowest BCUT2D eigenvalue weighted by molar-refractivity contribution is 0.0967. The third-order valence-corrected chi connectivity index (χ3v) is 5.46. The number of pyridine rings is 1. The summed E-state index contributed by atoms with van der Waals surface area (Å²) in [5, 5.41) is 0. The van der Waals surface area contributed by atoms with Crippen molar-refractivity contribution in [1.82, 2.24) is 4.98 Å². The van der Waals surface area contributed by atoms with Crippen LogP contribution in [0.3, 0.4) is 0 Å². The number of rotatable bonds is 13. The third-order valence-electron chi connectivity index (χ3n) is 5.46. The summed E-state index contributed by atoms with van der Waals surface area (Å²) in [5.41, 5.74) is 3.20. The number of benzene rings is 1. The smallest absolute Gasteiger partial charge is 0.181 e. The number of ketones is 1. The molecule has 1 aliphatic rings. The Hall–Kier alpha value is -2.88. The maximum absolute atomic E-state index is 12.4. The highest BCUT2D eigenvalue weighted by molar-refractivity contribution is 5.97. The largest absolute Gasteiger partial charge is 0.493 e. The van der Waals surface area contributed by atoms with Crippen LogP contribution in [0.5, 0.6) is 11.5 Å². The molecule has 3 rings (SSSR count). The van der Waals surface area contributed by atoms with Crippen LogP contribution >= 0.6 is 0 Å². The Kier molecular flexibility index (Phi) is 8.89. The van der Waals surface area contributed by atoms with Crippen LogP contribution in [0, 0.1) is 0 Å². The van der Waals surface area contributed by atoms with Crippen LogP contribution in [0.2, 0.25) is 0 Å². The molecule has 2 aromatic rings. The molecule has 164 valence electrons. The summed E-state index contributed by atoms with van der Waals surface area (Å²) in [4.78, 5) is 17.2. The number of Topliss-reactive ketones (excluding diaryl/α,β-unsaturated/α-hetero) is 1. The van der Waals surface area contributed by atoms with Gasteiger partial charge in [0.25, 0.3) is 0 Å². The summed E-state index contributed by atoms with van der Waals surface area (Å²) in [6.45, 7) is 8.78. The van der Waals surface area contributed by atoms with Crippen molar-refractivity contribution >= 4 is 5.78 Å². The number of hydrogen-bond donors (Lipinski definition) is 0. The molecule has 4 nitrogen and oxygen atoms in total. The van der Waals surface area contributed by atoms with Gasteiger partial charge in [0.15, 0.2) is 5.78 Å². The average Bonchev–Trinajstić information content (AvgIpc) is 2.79. The van der Waals surface area contributed by atoms with E-state index in [1.807, 2.05) is 42.5 Å². The fourth-order valence-electron chi connectivity index (χ4n) is 3.78. The van der Waals surface area contributed by atoms with Gasteiger partial charge in [-0.15, -0.1) is 13.2 Å². The van der Waals surface area contributed by atoms with Gasteiger partial charge in [-0.1, -0.05) is 24.3 Å². The second-order valence-electron chi connectivity index (χ2n) is 7.88. The highest BCUT2D eigenvalue weighted by Gasteiger charge is 2.22. The van der Waals surface area contributed by atoms with E-state index in [0.717, 1.165) is 79.7 Å². The van der Waals surface area contributed by atoms with Crippen molar-refractivity contribution in [3.8, 4) is 22.8 Å². The van der Waals surface area contributed by atoms with Crippen LogP contribution in [0.15, 0.2) is 55.6 Å². The van der Waals surface area contributed by atoms with Crippen LogP contribution in [0.4, 0.5) is 0 Å². The van der Waals surface area contributed by atoms with E-state index in [4.69, 9.17) is 14.5 Å². The van der Waals surface area contributed by atoms with Gasteiger partial charge in [0.1, 0.15) is 17.2 Å². The minimum Gasteiger partial charge on any atom is -0.493 e. The van der Waals surface area contributed by atoms with Crippen LogP contribution in [-0.2, 0) is 6.42 Å². The number of aryl methyl sites for hydroxylation is 1. The number of allylic oxidation sites excluding steroid dienone is 2. The molecule has 1 aromatic carbocycles. The molecule has 0 unspecified atom stereocenters. The molecule has 1 heterocycles. The molecule has 31 heavy (non-hydrogen) atoms. The molecule has 0 N–H and O–H groups in total. The molecule has 0 atom stereocenters. The van der Waals surface area contributed by atoms with Gasteiger partial charge in [0.05, 0.1) is 24.5 Å². The van der Waals surface area contributed by atoms with Crippen molar-refractivity contribution in [3.05, 3.63) is 66.9 Å². The fraction of sp³-hybridized carbons (Fsp3) is 0.407. The summed E-state index contributed by atoms with van der Waals surface area (Å²) in [5.74, 6) is 1.62. The monoisotopic (exact) mass is 419 g/mol. The normalized spacial score (nSPS) is 12.8. The van der Waals surface area contributed by atoms with Gasteiger partial charge in [0, 0.05) is 6.42 Å². The second kappa shape index (κ2) is 12.1. The summed E-state index contributed by atoms with van der Waals surface area (Å²) in [6.07, 6.45) is 12.2. The molecule has 0 saturated carbocycles. The average molecular weight is 420 g/mol. The minimum atomic E-state index is 0.123. The van der Waals surface area contributed by atoms with Crippen molar-refractivity contribution in [3.63, 3.8) is 0 Å². The summed E-state index contributed by atoms with van der Waals surface area (Å²) < 4.78 is 12.3. The number of ether oxygens (including phenoxy) is 2. The van der Waals surface area contributed by atoms with Crippen molar-refractivity contribution in [2.75, 3.05) is 13.2 Å². The first-order valence-electron chi connectivity index (χ1n) is 11.4. The van der Waals surface area contributed by atoms with E-state index in [9.17, 15) is 4.79 Å². The molecule has 0 aliphatic heterocycles. The molecule has 0 saturated heterocycles. The molecular weight excluding hydrogens is 386 g/mol. The molecule has 0 fully saturated rings. The number of carbonyl (C=O) groups is 1. The van der Waals surface area contributed by atoms with E-state index in [-0.39, 0.29) is 5.78 Å². The Morgan fingerprint density at radius 2 is 1.52 bits per heavy atom. The number of fused-ring (bicyclic) bond motifs is 1. The van der Waals surface area contributed by atoms with Crippen LogP contribution < -0.4 is 9.47 Å². The predicted molar refractivity (Wildman–Crippen MR) is 126 cm³/mol. The van der Waals surface area contributed by atoms with E-state index in [1.165, 1.54) is 0 Å². The molecule has 1 aliphatic carbocycles. The first kappa shape index (κ1) is 22.8. The topological polar surface area (TPSA) is 48.4 Å². The zero-order chi connectivity index (χ0) is 21.9. The number of aromatic nitrogens is 1. The number of hydrogen-bond acceptors (Lipinski definition) is 4. The standard InChI is InChI=1S/C27H33NO3/c1-3-5-7-9-19-30-24-15-12-16-25(31-20-10-8-6-4-2)26(24)22-18-17-21-13-11-14-23(29)27(21)28-22/h3-4,12,15-18H,1-2,5-11,13-14,19-20H2. The third kappa shape index (κ3) is 6.30. The zero-order valence-corrected chi connectivity index (χ0v) is 18.4. The Labute approximate surface area is 186 Å². The maximum Gasteiger partial charge on any atom is 0.181 e. The highest BCUT2D eigenvalue weighted by Crippen LogP contribution is 2.38. The molecule has 0 spiro atoms.